The van der Waals surface area contributed by atoms with Crippen molar-refractivity contribution in [2.24, 2.45) is 0 Å². The summed E-state index contributed by atoms with van der Waals surface area (Å²) in [5.41, 5.74) is 3.16. The van der Waals surface area contributed by atoms with Crippen LogP contribution in [0.4, 0.5) is 5.13 Å². The fraction of sp³-hybridized carbons (Fsp3) is 0. The molecule has 0 saturated carbocycles. The predicted molar refractivity (Wildman–Crippen MR) is 118 cm³/mol. The molecule has 1 aliphatic rings. The highest BCUT2D eigenvalue weighted by Crippen LogP contribution is 2.27. The number of hydrogen-bond donors (Lipinski definition) is 2. The summed E-state index contributed by atoms with van der Waals surface area (Å²) < 4.78 is 0.450. The van der Waals surface area contributed by atoms with E-state index in [0.29, 0.717) is 19.9 Å². The molecule has 1 saturated heterocycles. The average molecular weight is 424 g/mol. The number of benzene rings is 2. The van der Waals surface area contributed by atoms with Gasteiger partial charge >= 0.3 is 0 Å². The van der Waals surface area contributed by atoms with Crippen LogP contribution in [0.25, 0.3) is 17.3 Å². The van der Waals surface area contributed by atoms with E-state index >= 15 is 0 Å². The number of rotatable bonds is 4. The van der Waals surface area contributed by atoms with E-state index < -0.39 is 0 Å². The zero-order valence-electron chi connectivity index (χ0n) is 14.3. The normalized spacial score (nSPS) is 14.9. The van der Waals surface area contributed by atoms with Gasteiger partial charge in [0, 0.05) is 16.5 Å². The lowest BCUT2D eigenvalue weighted by Gasteiger charge is -2.03. The van der Waals surface area contributed by atoms with Crippen molar-refractivity contribution in [3.05, 3.63) is 76.0 Å². The van der Waals surface area contributed by atoms with Gasteiger partial charge in [-0.15, -0.1) is 11.3 Å². The number of thiocarbonyl (C=S) groups is 1. The Hall–Kier alpha value is -2.81. The molecule has 2 amide bonds. The summed E-state index contributed by atoms with van der Waals surface area (Å²) in [7, 11) is 0. The molecule has 138 valence electrons. The minimum absolute atomic E-state index is 0.199. The fourth-order valence-corrected chi connectivity index (χ4v) is 4.30. The molecule has 0 atom stereocenters. The van der Waals surface area contributed by atoms with Crippen molar-refractivity contribution < 1.29 is 9.59 Å². The average Bonchev–Trinajstić information content (AvgIpc) is 3.29. The Morgan fingerprint density at radius 3 is 2.54 bits per heavy atom. The first-order valence-corrected chi connectivity index (χ1v) is 10.4. The minimum Gasteiger partial charge on any atom is -0.307 e. The highest BCUT2D eigenvalue weighted by molar-refractivity contribution is 8.26. The lowest BCUT2D eigenvalue weighted by Crippen LogP contribution is -2.17. The van der Waals surface area contributed by atoms with Crippen LogP contribution < -0.4 is 10.6 Å². The van der Waals surface area contributed by atoms with E-state index in [2.05, 4.69) is 15.6 Å². The molecule has 3 aromatic rings. The molecule has 2 N–H and O–H groups in total. The van der Waals surface area contributed by atoms with Gasteiger partial charge in [0.25, 0.3) is 11.8 Å². The van der Waals surface area contributed by atoms with Crippen molar-refractivity contribution >= 4 is 62.7 Å². The highest BCUT2D eigenvalue weighted by atomic mass is 32.2. The molecule has 2 aromatic carbocycles. The van der Waals surface area contributed by atoms with E-state index in [1.807, 2.05) is 35.7 Å². The largest absolute Gasteiger partial charge is 0.307 e. The molecule has 0 spiro atoms. The number of nitrogens with zero attached hydrogens (tertiary/aromatic N) is 1. The SMILES string of the molecule is O=C1NC(=S)S/C1=C\c1ccc(C(=O)Nc2nc(-c3ccccc3)cs2)cc1. The van der Waals surface area contributed by atoms with Crippen molar-refractivity contribution in [2.75, 3.05) is 5.32 Å². The Morgan fingerprint density at radius 2 is 1.86 bits per heavy atom. The van der Waals surface area contributed by atoms with Crippen LogP contribution in [0.3, 0.4) is 0 Å². The monoisotopic (exact) mass is 423 g/mol. The van der Waals surface area contributed by atoms with Crippen LogP contribution in [0.15, 0.2) is 64.9 Å². The maximum atomic E-state index is 12.5. The van der Waals surface area contributed by atoms with Gasteiger partial charge in [-0.05, 0) is 23.8 Å². The van der Waals surface area contributed by atoms with Crippen LogP contribution in [0.2, 0.25) is 0 Å². The lowest BCUT2D eigenvalue weighted by atomic mass is 10.1. The Bertz CT molecular complexity index is 1090. The van der Waals surface area contributed by atoms with E-state index in [-0.39, 0.29) is 11.8 Å². The highest BCUT2D eigenvalue weighted by Gasteiger charge is 2.21. The summed E-state index contributed by atoms with van der Waals surface area (Å²) in [6.45, 7) is 0. The summed E-state index contributed by atoms with van der Waals surface area (Å²) in [6, 6.07) is 16.8. The Labute approximate surface area is 174 Å². The van der Waals surface area contributed by atoms with Crippen LogP contribution >= 0.6 is 35.3 Å². The number of thiazole rings is 1. The number of amides is 2. The zero-order chi connectivity index (χ0) is 19.5. The topological polar surface area (TPSA) is 71.1 Å². The maximum absolute atomic E-state index is 12.5. The van der Waals surface area contributed by atoms with Crippen molar-refractivity contribution in [1.29, 1.82) is 0 Å². The van der Waals surface area contributed by atoms with Gasteiger partial charge in [-0.25, -0.2) is 4.98 Å². The zero-order valence-corrected chi connectivity index (χ0v) is 16.8. The molecular weight excluding hydrogens is 410 g/mol. The third-order valence-corrected chi connectivity index (χ3v) is 5.83. The molecule has 0 unspecified atom stereocenters. The van der Waals surface area contributed by atoms with E-state index in [9.17, 15) is 9.59 Å². The van der Waals surface area contributed by atoms with Gasteiger partial charge in [-0.1, -0.05) is 66.4 Å². The van der Waals surface area contributed by atoms with Crippen LogP contribution in [0.1, 0.15) is 15.9 Å². The maximum Gasteiger partial charge on any atom is 0.263 e. The van der Waals surface area contributed by atoms with Gasteiger partial charge < -0.3 is 5.32 Å². The first-order valence-electron chi connectivity index (χ1n) is 8.26. The summed E-state index contributed by atoms with van der Waals surface area (Å²) in [4.78, 5) is 29.2. The van der Waals surface area contributed by atoms with Crippen LogP contribution in [-0.2, 0) is 4.79 Å². The molecule has 28 heavy (non-hydrogen) atoms. The molecule has 0 radical (unpaired) electrons. The summed E-state index contributed by atoms with van der Waals surface area (Å²) in [5, 5.41) is 7.85. The number of aromatic nitrogens is 1. The molecule has 0 aliphatic carbocycles. The van der Waals surface area contributed by atoms with Gasteiger partial charge in [0.2, 0.25) is 0 Å². The quantitative estimate of drug-likeness (QED) is 0.476. The summed E-state index contributed by atoms with van der Waals surface area (Å²) in [6.07, 6.45) is 1.74. The molecule has 1 fully saturated rings. The smallest absolute Gasteiger partial charge is 0.263 e. The second-order valence-electron chi connectivity index (χ2n) is 5.83. The van der Waals surface area contributed by atoms with Crippen molar-refractivity contribution in [3.8, 4) is 11.3 Å². The predicted octanol–water partition coefficient (Wildman–Crippen LogP) is 4.55. The number of thioether (sulfide) groups is 1. The molecule has 2 heterocycles. The van der Waals surface area contributed by atoms with Crippen LogP contribution in [-0.4, -0.2) is 21.1 Å². The van der Waals surface area contributed by atoms with E-state index in [0.717, 1.165) is 16.8 Å². The summed E-state index contributed by atoms with van der Waals surface area (Å²) in [5.74, 6) is -0.433. The molecule has 0 bridgehead atoms. The minimum atomic E-state index is -0.234. The van der Waals surface area contributed by atoms with Gasteiger partial charge in [0.1, 0.15) is 4.32 Å². The number of hydrogen-bond acceptors (Lipinski definition) is 6. The van der Waals surface area contributed by atoms with Crippen molar-refractivity contribution in [1.82, 2.24) is 10.3 Å². The molecule has 5 nitrogen and oxygen atoms in total. The first-order chi connectivity index (χ1) is 13.6. The molecule has 4 rings (SSSR count). The van der Waals surface area contributed by atoms with Crippen LogP contribution in [0.5, 0.6) is 0 Å². The number of carbonyl (C=O) groups excluding carboxylic acids is 2. The van der Waals surface area contributed by atoms with Gasteiger partial charge in [0.15, 0.2) is 5.13 Å². The molecule has 1 aliphatic heterocycles. The van der Waals surface area contributed by atoms with Crippen LogP contribution in [0, 0.1) is 0 Å². The first kappa shape index (κ1) is 18.5. The van der Waals surface area contributed by atoms with E-state index in [4.69, 9.17) is 12.2 Å². The third kappa shape index (κ3) is 4.19. The standard InChI is InChI=1S/C20H13N3O2S3/c24-17(22-19-21-15(11-27-19)13-4-2-1-3-5-13)14-8-6-12(7-9-14)10-16-18(25)23-20(26)28-16/h1-11H,(H,21,22,24)(H,23,25,26)/b16-10-. The Balaban J connectivity index is 1.44. The van der Waals surface area contributed by atoms with Gasteiger partial charge in [-0.2, -0.15) is 0 Å². The van der Waals surface area contributed by atoms with Gasteiger partial charge in [-0.3, -0.25) is 14.9 Å². The second kappa shape index (κ2) is 8.05. The molecule has 8 heteroatoms. The second-order valence-corrected chi connectivity index (χ2v) is 8.41. The Morgan fingerprint density at radius 1 is 1.11 bits per heavy atom. The molecular formula is C20H13N3O2S3. The molecule has 1 aromatic heterocycles. The Kier molecular flexibility index (Phi) is 5.34. The van der Waals surface area contributed by atoms with Crippen molar-refractivity contribution in [3.63, 3.8) is 0 Å². The fourth-order valence-electron chi connectivity index (χ4n) is 2.55. The summed E-state index contributed by atoms with van der Waals surface area (Å²) >= 11 is 7.58. The lowest BCUT2D eigenvalue weighted by molar-refractivity contribution is -0.115. The third-order valence-electron chi connectivity index (χ3n) is 3.91. The van der Waals surface area contributed by atoms with Gasteiger partial charge in [0.05, 0.1) is 10.6 Å². The number of anilines is 1. The van der Waals surface area contributed by atoms with Crippen molar-refractivity contribution in [2.45, 2.75) is 0 Å². The number of carbonyl (C=O) groups is 2. The van der Waals surface area contributed by atoms with E-state index in [1.165, 1.54) is 23.1 Å². The van der Waals surface area contributed by atoms with E-state index in [1.54, 1.807) is 30.3 Å². The number of nitrogens with one attached hydrogen (secondary N) is 2.